The molecule has 112 valence electrons. The summed E-state index contributed by atoms with van der Waals surface area (Å²) >= 11 is 3.09. The highest BCUT2D eigenvalue weighted by Crippen LogP contribution is 2.25. The van der Waals surface area contributed by atoms with E-state index in [9.17, 15) is 12.8 Å². The Labute approximate surface area is 131 Å². The maximum Gasteiger partial charge on any atom is 0.264 e. The molecule has 0 saturated carbocycles. The van der Waals surface area contributed by atoms with Gasteiger partial charge in [-0.3, -0.25) is 4.72 Å². The standard InChI is InChI=1S/C14H13BrFNO3S/c1-9-7-11(20-2)4-5-13(9)17-21(18,19)14-6-3-10(15)8-12(14)16/h3-8,17H,1-2H3. The van der Waals surface area contributed by atoms with E-state index in [0.29, 0.717) is 21.5 Å². The summed E-state index contributed by atoms with van der Waals surface area (Å²) in [7, 11) is -2.47. The predicted octanol–water partition coefficient (Wildman–Crippen LogP) is 3.71. The summed E-state index contributed by atoms with van der Waals surface area (Å²) in [5.41, 5.74) is 1.05. The van der Waals surface area contributed by atoms with Gasteiger partial charge in [0.1, 0.15) is 16.5 Å². The molecule has 0 radical (unpaired) electrons. The van der Waals surface area contributed by atoms with Crippen LogP contribution in [0.2, 0.25) is 0 Å². The van der Waals surface area contributed by atoms with Gasteiger partial charge in [0.05, 0.1) is 12.8 Å². The van der Waals surface area contributed by atoms with Gasteiger partial charge in [0, 0.05) is 4.47 Å². The highest BCUT2D eigenvalue weighted by atomic mass is 79.9. The van der Waals surface area contributed by atoms with Gasteiger partial charge >= 0.3 is 0 Å². The minimum Gasteiger partial charge on any atom is -0.497 e. The number of aryl methyl sites for hydroxylation is 1. The molecule has 4 nitrogen and oxygen atoms in total. The molecule has 0 aliphatic heterocycles. The van der Waals surface area contributed by atoms with Crippen LogP contribution in [-0.4, -0.2) is 15.5 Å². The van der Waals surface area contributed by atoms with Crippen molar-refractivity contribution in [3.8, 4) is 5.75 Å². The zero-order chi connectivity index (χ0) is 15.6. The second-order valence-electron chi connectivity index (χ2n) is 4.36. The molecule has 0 bridgehead atoms. The molecular formula is C14H13BrFNO3S. The highest BCUT2D eigenvalue weighted by Gasteiger charge is 2.20. The van der Waals surface area contributed by atoms with Crippen molar-refractivity contribution in [2.75, 3.05) is 11.8 Å². The van der Waals surface area contributed by atoms with E-state index >= 15 is 0 Å². The van der Waals surface area contributed by atoms with Crippen LogP contribution in [0.4, 0.5) is 10.1 Å². The molecule has 0 aliphatic carbocycles. The first-order chi connectivity index (χ1) is 9.83. The average molecular weight is 374 g/mol. The van der Waals surface area contributed by atoms with Crippen LogP contribution in [0.3, 0.4) is 0 Å². The van der Waals surface area contributed by atoms with Crippen LogP contribution in [0, 0.1) is 12.7 Å². The van der Waals surface area contributed by atoms with Gasteiger partial charge in [-0.05, 0) is 48.9 Å². The molecule has 0 spiro atoms. The molecule has 0 aliphatic rings. The van der Waals surface area contributed by atoms with Gasteiger partial charge in [-0.2, -0.15) is 0 Å². The predicted molar refractivity (Wildman–Crippen MR) is 82.6 cm³/mol. The zero-order valence-corrected chi connectivity index (χ0v) is 13.8. The molecule has 0 saturated heterocycles. The number of methoxy groups -OCH3 is 1. The number of anilines is 1. The molecule has 2 rings (SSSR count). The van der Waals surface area contributed by atoms with Crippen LogP contribution in [0.15, 0.2) is 45.8 Å². The molecule has 0 heterocycles. The lowest BCUT2D eigenvalue weighted by Gasteiger charge is -2.12. The van der Waals surface area contributed by atoms with Gasteiger partial charge in [0.15, 0.2) is 0 Å². The molecule has 7 heteroatoms. The van der Waals surface area contributed by atoms with Crippen LogP contribution in [0.1, 0.15) is 5.56 Å². The number of benzene rings is 2. The highest BCUT2D eigenvalue weighted by molar-refractivity contribution is 9.10. The minimum absolute atomic E-state index is 0.373. The Morgan fingerprint density at radius 2 is 1.90 bits per heavy atom. The van der Waals surface area contributed by atoms with Crippen molar-refractivity contribution in [3.05, 3.63) is 52.3 Å². The molecule has 2 aromatic carbocycles. The first kappa shape index (κ1) is 15.8. The zero-order valence-electron chi connectivity index (χ0n) is 11.4. The van der Waals surface area contributed by atoms with Crippen LogP contribution in [-0.2, 0) is 10.0 Å². The number of hydrogen-bond acceptors (Lipinski definition) is 3. The summed E-state index contributed by atoms with van der Waals surface area (Å²) in [5.74, 6) is -0.201. The minimum atomic E-state index is -3.99. The van der Waals surface area contributed by atoms with E-state index in [4.69, 9.17) is 4.74 Å². The van der Waals surface area contributed by atoms with Crippen LogP contribution in [0.5, 0.6) is 5.75 Å². The topological polar surface area (TPSA) is 55.4 Å². The number of rotatable bonds is 4. The van der Waals surface area contributed by atoms with Crippen molar-refractivity contribution in [1.29, 1.82) is 0 Å². The Morgan fingerprint density at radius 3 is 2.48 bits per heavy atom. The molecule has 1 N–H and O–H groups in total. The smallest absolute Gasteiger partial charge is 0.264 e. The Hall–Kier alpha value is -1.60. The van der Waals surface area contributed by atoms with E-state index in [0.717, 1.165) is 6.07 Å². The fraction of sp³-hybridized carbons (Fsp3) is 0.143. The summed E-state index contributed by atoms with van der Waals surface area (Å²) in [6.07, 6.45) is 0. The van der Waals surface area contributed by atoms with Crippen molar-refractivity contribution in [3.63, 3.8) is 0 Å². The third kappa shape index (κ3) is 3.54. The maximum absolute atomic E-state index is 13.8. The number of sulfonamides is 1. The van der Waals surface area contributed by atoms with Gasteiger partial charge < -0.3 is 4.74 Å². The van der Waals surface area contributed by atoms with E-state index in [2.05, 4.69) is 20.7 Å². The maximum atomic E-state index is 13.8. The van der Waals surface area contributed by atoms with Crippen molar-refractivity contribution >= 4 is 31.6 Å². The summed E-state index contributed by atoms with van der Waals surface area (Å²) in [4.78, 5) is -0.402. The molecular weight excluding hydrogens is 361 g/mol. The largest absolute Gasteiger partial charge is 0.497 e. The molecule has 0 unspecified atom stereocenters. The molecule has 0 aromatic heterocycles. The lowest BCUT2D eigenvalue weighted by Crippen LogP contribution is -2.15. The van der Waals surface area contributed by atoms with E-state index in [1.807, 2.05) is 0 Å². The van der Waals surface area contributed by atoms with Gasteiger partial charge in [0.2, 0.25) is 0 Å². The number of halogens is 2. The fourth-order valence-electron chi connectivity index (χ4n) is 1.77. The van der Waals surface area contributed by atoms with Crippen molar-refractivity contribution in [1.82, 2.24) is 0 Å². The van der Waals surface area contributed by atoms with Gasteiger partial charge in [-0.25, -0.2) is 12.8 Å². The van der Waals surface area contributed by atoms with E-state index in [1.165, 1.54) is 19.2 Å². The fourth-order valence-corrected chi connectivity index (χ4v) is 3.30. The number of ether oxygens (including phenoxy) is 1. The Balaban J connectivity index is 2.37. The quantitative estimate of drug-likeness (QED) is 0.888. The lowest BCUT2D eigenvalue weighted by molar-refractivity contribution is 0.414. The monoisotopic (exact) mass is 373 g/mol. The van der Waals surface area contributed by atoms with Crippen molar-refractivity contribution in [2.45, 2.75) is 11.8 Å². The first-order valence-electron chi connectivity index (χ1n) is 5.96. The summed E-state index contributed by atoms with van der Waals surface area (Å²) in [6, 6.07) is 8.68. The SMILES string of the molecule is COc1ccc(NS(=O)(=O)c2ccc(Br)cc2F)c(C)c1. The van der Waals surface area contributed by atoms with Gasteiger partial charge in [0.25, 0.3) is 10.0 Å². The van der Waals surface area contributed by atoms with E-state index in [1.54, 1.807) is 25.1 Å². The van der Waals surface area contributed by atoms with Crippen LogP contribution in [0.25, 0.3) is 0 Å². The van der Waals surface area contributed by atoms with Crippen molar-refractivity contribution in [2.24, 2.45) is 0 Å². The number of hydrogen-bond donors (Lipinski definition) is 1. The Bertz CT molecular complexity index is 778. The summed E-state index contributed by atoms with van der Waals surface area (Å²) < 4.78 is 46.2. The molecule has 0 amide bonds. The summed E-state index contributed by atoms with van der Waals surface area (Å²) in [5, 5.41) is 0. The van der Waals surface area contributed by atoms with Crippen LogP contribution < -0.4 is 9.46 Å². The van der Waals surface area contributed by atoms with Gasteiger partial charge in [-0.1, -0.05) is 15.9 Å². The van der Waals surface area contributed by atoms with Gasteiger partial charge in [-0.15, -0.1) is 0 Å². The lowest BCUT2D eigenvalue weighted by atomic mass is 10.2. The second-order valence-corrected chi connectivity index (χ2v) is 6.93. The first-order valence-corrected chi connectivity index (χ1v) is 8.23. The summed E-state index contributed by atoms with van der Waals surface area (Å²) in [6.45, 7) is 1.73. The van der Waals surface area contributed by atoms with Crippen LogP contribution >= 0.6 is 15.9 Å². The third-order valence-corrected chi connectivity index (χ3v) is 4.75. The molecule has 0 fully saturated rings. The Morgan fingerprint density at radius 1 is 1.19 bits per heavy atom. The second kappa shape index (κ2) is 6.03. The normalized spacial score (nSPS) is 11.2. The van der Waals surface area contributed by atoms with E-state index in [-0.39, 0.29) is 0 Å². The number of nitrogens with one attached hydrogen (secondary N) is 1. The van der Waals surface area contributed by atoms with E-state index < -0.39 is 20.7 Å². The molecule has 21 heavy (non-hydrogen) atoms. The Kier molecular flexibility index (Phi) is 4.53. The van der Waals surface area contributed by atoms with Crippen molar-refractivity contribution < 1.29 is 17.5 Å². The third-order valence-electron chi connectivity index (χ3n) is 2.86. The molecule has 2 aromatic rings. The average Bonchev–Trinajstić information content (AvgIpc) is 2.40. The molecule has 0 atom stereocenters.